The standard InChI is InChI=1S/C14H12N2O5S2/c1-21-12-5-2-10(3-6-12)9-22-23-14-7-4-11(15(17)18)8-13(14)16(19)20/h2-8H,9H2,1H3. The molecule has 0 aliphatic rings. The molecule has 0 unspecified atom stereocenters. The van der Waals surface area contributed by atoms with Gasteiger partial charge in [0, 0.05) is 11.8 Å². The van der Waals surface area contributed by atoms with Crippen LogP contribution < -0.4 is 4.74 Å². The molecule has 0 saturated carbocycles. The lowest BCUT2D eigenvalue weighted by Crippen LogP contribution is -1.94. The molecule has 7 nitrogen and oxygen atoms in total. The molecule has 2 rings (SSSR count). The summed E-state index contributed by atoms with van der Waals surface area (Å²) in [6.45, 7) is 0. The number of nitrogens with zero attached hydrogens (tertiary/aromatic N) is 2. The van der Waals surface area contributed by atoms with Crippen LogP contribution in [0.15, 0.2) is 47.4 Å². The summed E-state index contributed by atoms with van der Waals surface area (Å²) >= 11 is 0. The van der Waals surface area contributed by atoms with Crippen LogP contribution >= 0.6 is 21.6 Å². The Morgan fingerprint density at radius 3 is 2.30 bits per heavy atom. The van der Waals surface area contributed by atoms with E-state index in [2.05, 4.69) is 0 Å². The normalized spacial score (nSPS) is 10.3. The van der Waals surface area contributed by atoms with E-state index in [1.54, 1.807) is 7.11 Å². The highest BCUT2D eigenvalue weighted by atomic mass is 33.1. The molecule has 0 bridgehead atoms. The molecule has 0 radical (unpaired) electrons. The molecule has 0 spiro atoms. The second-order valence-corrected chi connectivity index (χ2v) is 6.70. The Morgan fingerprint density at radius 2 is 1.74 bits per heavy atom. The minimum atomic E-state index is -0.647. The van der Waals surface area contributed by atoms with E-state index in [1.807, 2.05) is 24.3 Å². The fourth-order valence-electron chi connectivity index (χ4n) is 1.72. The van der Waals surface area contributed by atoms with Crippen LogP contribution in [0.3, 0.4) is 0 Å². The Kier molecular flexibility index (Phi) is 5.83. The zero-order valence-corrected chi connectivity index (χ0v) is 13.6. The third-order valence-electron chi connectivity index (χ3n) is 2.88. The highest BCUT2D eigenvalue weighted by Gasteiger charge is 2.19. The molecule has 0 saturated heterocycles. The van der Waals surface area contributed by atoms with Gasteiger partial charge in [0.1, 0.15) is 5.75 Å². The highest BCUT2D eigenvalue weighted by molar-refractivity contribution is 8.76. The first-order valence-corrected chi connectivity index (χ1v) is 8.68. The van der Waals surface area contributed by atoms with E-state index in [4.69, 9.17) is 4.74 Å². The summed E-state index contributed by atoms with van der Waals surface area (Å²) in [5, 5.41) is 21.7. The fraction of sp³-hybridized carbons (Fsp3) is 0.143. The topological polar surface area (TPSA) is 95.5 Å². The van der Waals surface area contributed by atoms with Crippen LogP contribution in [0.1, 0.15) is 5.56 Å². The summed E-state index contributed by atoms with van der Waals surface area (Å²) in [4.78, 5) is 20.9. The number of nitro groups is 2. The zero-order valence-electron chi connectivity index (χ0n) is 12.0. The molecule has 0 aliphatic heterocycles. The van der Waals surface area contributed by atoms with Crippen molar-refractivity contribution < 1.29 is 14.6 Å². The van der Waals surface area contributed by atoms with Crippen LogP contribution in [0.5, 0.6) is 5.75 Å². The quantitative estimate of drug-likeness (QED) is 0.412. The van der Waals surface area contributed by atoms with Crippen molar-refractivity contribution in [2.24, 2.45) is 0 Å². The van der Waals surface area contributed by atoms with Gasteiger partial charge in [-0.15, -0.1) is 0 Å². The number of nitro benzene ring substituents is 2. The largest absolute Gasteiger partial charge is 0.497 e. The maximum absolute atomic E-state index is 11.0. The zero-order chi connectivity index (χ0) is 16.8. The van der Waals surface area contributed by atoms with Gasteiger partial charge in [-0.1, -0.05) is 33.7 Å². The van der Waals surface area contributed by atoms with Crippen molar-refractivity contribution in [3.05, 3.63) is 68.3 Å². The van der Waals surface area contributed by atoms with Crippen molar-refractivity contribution in [3.63, 3.8) is 0 Å². The second kappa shape index (κ2) is 7.84. The molecule has 23 heavy (non-hydrogen) atoms. The van der Waals surface area contributed by atoms with Crippen molar-refractivity contribution in [1.29, 1.82) is 0 Å². The molecule has 0 aliphatic carbocycles. The summed E-state index contributed by atoms with van der Waals surface area (Å²) < 4.78 is 5.07. The van der Waals surface area contributed by atoms with Gasteiger partial charge in [0.05, 0.1) is 27.9 Å². The fourth-order valence-corrected chi connectivity index (χ4v) is 3.96. The minimum Gasteiger partial charge on any atom is -0.497 e. The third-order valence-corrected chi connectivity index (χ3v) is 5.22. The first-order valence-electron chi connectivity index (χ1n) is 6.36. The molecule has 0 fully saturated rings. The number of hydrogen-bond acceptors (Lipinski definition) is 7. The number of hydrogen-bond donors (Lipinski definition) is 0. The lowest BCUT2D eigenvalue weighted by Gasteiger charge is -2.04. The summed E-state index contributed by atoms with van der Waals surface area (Å²) in [7, 11) is 4.23. The Hall–Kier alpha value is -2.26. The monoisotopic (exact) mass is 352 g/mol. The van der Waals surface area contributed by atoms with Gasteiger partial charge < -0.3 is 4.74 Å². The summed E-state index contributed by atoms with van der Waals surface area (Å²) in [5.74, 6) is 1.40. The number of methoxy groups -OCH3 is 1. The van der Waals surface area contributed by atoms with Crippen LogP contribution in [0.25, 0.3) is 0 Å². The highest BCUT2D eigenvalue weighted by Crippen LogP contribution is 2.40. The summed E-state index contributed by atoms with van der Waals surface area (Å²) in [6, 6.07) is 11.2. The third kappa shape index (κ3) is 4.60. The molecule has 9 heteroatoms. The van der Waals surface area contributed by atoms with Gasteiger partial charge in [-0.2, -0.15) is 0 Å². The molecule has 0 N–H and O–H groups in total. The summed E-state index contributed by atoms with van der Waals surface area (Å²) in [6.07, 6.45) is 0. The average Bonchev–Trinajstić information content (AvgIpc) is 2.55. The molecule has 2 aromatic carbocycles. The molecular weight excluding hydrogens is 340 g/mol. The molecule has 0 heterocycles. The van der Waals surface area contributed by atoms with Crippen LogP contribution in [-0.2, 0) is 5.75 Å². The minimum absolute atomic E-state index is 0.258. The van der Waals surface area contributed by atoms with Crippen molar-refractivity contribution in [2.45, 2.75) is 10.6 Å². The maximum atomic E-state index is 11.0. The number of non-ortho nitro benzene ring substituents is 1. The predicted molar refractivity (Wildman–Crippen MR) is 89.9 cm³/mol. The van der Waals surface area contributed by atoms with Gasteiger partial charge in [-0.3, -0.25) is 20.2 Å². The number of benzene rings is 2. The van der Waals surface area contributed by atoms with Gasteiger partial charge in [0.2, 0.25) is 0 Å². The molecule has 0 amide bonds. The second-order valence-electron chi connectivity index (χ2n) is 4.36. The lowest BCUT2D eigenvalue weighted by atomic mass is 10.2. The van der Waals surface area contributed by atoms with Crippen molar-refractivity contribution in [2.75, 3.05) is 7.11 Å². The Morgan fingerprint density at radius 1 is 1.04 bits per heavy atom. The van der Waals surface area contributed by atoms with Crippen LogP contribution in [0.4, 0.5) is 11.4 Å². The van der Waals surface area contributed by atoms with E-state index in [-0.39, 0.29) is 11.4 Å². The maximum Gasteiger partial charge on any atom is 0.290 e. The molecule has 0 atom stereocenters. The summed E-state index contributed by atoms with van der Waals surface area (Å²) in [5.41, 5.74) is 0.500. The van der Waals surface area contributed by atoms with E-state index in [9.17, 15) is 20.2 Å². The first-order chi connectivity index (χ1) is 11.0. The molecular formula is C14H12N2O5S2. The van der Waals surface area contributed by atoms with Gasteiger partial charge in [-0.05, 0) is 23.8 Å². The van der Waals surface area contributed by atoms with E-state index >= 15 is 0 Å². The number of ether oxygens (including phenoxy) is 1. The van der Waals surface area contributed by atoms with Crippen LogP contribution in [0.2, 0.25) is 0 Å². The van der Waals surface area contributed by atoms with Gasteiger partial charge in [0.25, 0.3) is 11.4 Å². The SMILES string of the molecule is COc1ccc(CSSc2ccc([N+](=O)[O-])cc2[N+](=O)[O-])cc1. The smallest absolute Gasteiger partial charge is 0.290 e. The van der Waals surface area contributed by atoms with Crippen molar-refractivity contribution >= 4 is 33.0 Å². The van der Waals surface area contributed by atoms with E-state index in [1.165, 1.54) is 33.7 Å². The van der Waals surface area contributed by atoms with Gasteiger partial charge in [-0.25, -0.2) is 0 Å². The van der Waals surface area contributed by atoms with Gasteiger partial charge in [0.15, 0.2) is 0 Å². The molecule has 120 valence electrons. The molecule has 0 aromatic heterocycles. The van der Waals surface area contributed by atoms with Crippen molar-refractivity contribution in [3.8, 4) is 5.75 Å². The Bertz CT molecular complexity index is 722. The first kappa shape index (κ1) is 17.1. The van der Waals surface area contributed by atoms with E-state index in [0.29, 0.717) is 10.6 Å². The predicted octanol–water partition coefficient (Wildman–Crippen LogP) is 4.45. The van der Waals surface area contributed by atoms with Gasteiger partial charge >= 0.3 is 0 Å². The van der Waals surface area contributed by atoms with Crippen LogP contribution in [-0.4, -0.2) is 17.0 Å². The van der Waals surface area contributed by atoms with Crippen molar-refractivity contribution in [1.82, 2.24) is 0 Å². The number of rotatable bonds is 7. The molecule has 2 aromatic rings. The van der Waals surface area contributed by atoms with E-state index < -0.39 is 9.85 Å². The average molecular weight is 352 g/mol. The Balaban J connectivity index is 2.04. The van der Waals surface area contributed by atoms with Crippen LogP contribution in [0, 0.1) is 20.2 Å². The lowest BCUT2D eigenvalue weighted by molar-refractivity contribution is -0.396. The van der Waals surface area contributed by atoms with E-state index in [0.717, 1.165) is 17.4 Å². The Labute approximate surface area is 139 Å².